The average Bonchev–Trinajstić information content (AvgIpc) is 2.83. The zero-order valence-corrected chi connectivity index (χ0v) is 10.5. The van der Waals surface area contributed by atoms with Gasteiger partial charge in [-0.3, -0.25) is 0 Å². The topological polar surface area (TPSA) is 82.3 Å². The van der Waals surface area contributed by atoms with Crippen molar-refractivity contribution < 1.29 is 14.6 Å². The van der Waals surface area contributed by atoms with Crippen molar-refractivity contribution in [2.75, 3.05) is 13.2 Å². The Bertz CT molecular complexity index is 584. The maximum atomic E-state index is 10.3. The van der Waals surface area contributed by atoms with E-state index >= 15 is 0 Å². The fourth-order valence-corrected chi connectivity index (χ4v) is 2.05. The third-order valence-corrected chi connectivity index (χ3v) is 2.88. The normalized spacial score (nSPS) is 15.3. The smallest absolute Gasteiger partial charge is 0.177 e. The number of aryl methyl sites for hydroxylation is 1. The van der Waals surface area contributed by atoms with Gasteiger partial charge in [0.2, 0.25) is 0 Å². The van der Waals surface area contributed by atoms with Gasteiger partial charge in [-0.15, -0.1) is 10.2 Å². The van der Waals surface area contributed by atoms with Crippen molar-refractivity contribution in [3.05, 3.63) is 29.6 Å². The van der Waals surface area contributed by atoms with Crippen LogP contribution < -0.4 is 9.47 Å². The number of tetrazole rings is 1. The molecule has 0 bridgehead atoms. The number of rotatable bonds is 3. The predicted molar refractivity (Wildman–Crippen MR) is 64.9 cm³/mol. The maximum Gasteiger partial charge on any atom is 0.177 e. The molecule has 0 radical (unpaired) electrons. The van der Waals surface area contributed by atoms with Gasteiger partial charge < -0.3 is 14.6 Å². The van der Waals surface area contributed by atoms with Gasteiger partial charge in [0.25, 0.3) is 0 Å². The van der Waals surface area contributed by atoms with Crippen LogP contribution in [0.15, 0.2) is 18.2 Å². The summed E-state index contributed by atoms with van der Waals surface area (Å²) in [6.45, 7) is 1.01. The minimum atomic E-state index is -0.749. The number of hydrogen-bond acceptors (Lipinski definition) is 6. The summed E-state index contributed by atoms with van der Waals surface area (Å²) >= 11 is 0. The summed E-state index contributed by atoms with van der Waals surface area (Å²) in [6, 6.07) is 5.47. The van der Waals surface area contributed by atoms with Gasteiger partial charge >= 0.3 is 0 Å². The quantitative estimate of drug-likeness (QED) is 0.854. The molecule has 0 saturated carbocycles. The summed E-state index contributed by atoms with van der Waals surface area (Å²) in [7, 11) is 1.68. The van der Waals surface area contributed by atoms with Crippen LogP contribution in [0.4, 0.5) is 0 Å². The summed E-state index contributed by atoms with van der Waals surface area (Å²) < 4.78 is 11.1. The predicted octanol–water partition coefficient (Wildman–Crippen LogP) is 0.257. The van der Waals surface area contributed by atoms with Gasteiger partial charge in [-0.2, -0.15) is 4.80 Å². The van der Waals surface area contributed by atoms with Crippen LogP contribution in [-0.4, -0.2) is 38.5 Å². The number of ether oxygens (including phenoxy) is 2. The minimum absolute atomic E-state index is 0.285. The molecule has 3 rings (SSSR count). The molecule has 1 aliphatic heterocycles. The molecule has 1 aromatic carbocycles. The summed E-state index contributed by atoms with van der Waals surface area (Å²) in [5, 5.41) is 21.9. The summed E-state index contributed by atoms with van der Waals surface area (Å²) in [4.78, 5) is 1.36. The highest BCUT2D eigenvalue weighted by molar-refractivity contribution is 5.48. The molecule has 0 spiro atoms. The van der Waals surface area contributed by atoms with E-state index in [1.54, 1.807) is 7.05 Å². The molecule has 0 amide bonds. The number of aliphatic hydroxyl groups excluding tert-OH is 1. The molecule has 1 atom stereocenters. The van der Waals surface area contributed by atoms with Crippen LogP contribution >= 0.6 is 0 Å². The molecule has 1 unspecified atom stereocenters. The van der Waals surface area contributed by atoms with Crippen LogP contribution in [0.2, 0.25) is 0 Å². The lowest BCUT2D eigenvalue weighted by atomic mass is 10.0. The Morgan fingerprint density at radius 1 is 1.37 bits per heavy atom. The minimum Gasteiger partial charge on any atom is -0.486 e. The van der Waals surface area contributed by atoms with Crippen molar-refractivity contribution in [2.45, 2.75) is 12.5 Å². The Balaban J connectivity index is 1.85. The van der Waals surface area contributed by atoms with E-state index in [4.69, 9.17) is 9.47 Å². The van der Waals surface area contributed by atoms with Crippen LogP contribution in [0.25, 0.3) is 0 Å². The van der Waals surface area contributed by atoms with Crippen LogP contribution in [0.1, 0.15) is 17.5 Å². The van der Waals surface area contributed by atoms with E-state index in [9.17, 15) is 5.11 Å². The average molecular weight is 262 g/mol. The number of nitrogens with zero attached hydrogens (tertiary/aromatic N) is 4. The lowest BCUT2D eigenvalue weighted by Gasteiger charge is -2.22. The fourth-order valence-electron chi connectivity index (χ4n) is 2.05. The molecule has 0 fully saturated rings. The van der Waals surface area contributed by atoms with E-state index in [1.165, 1.54) is 4.80 Å². The third kappa shape index (κ3) is 2.37. The molecule has 100 valence electrons. The molecule has 1 aliphatic rings. The number of para-hydroxylation sites is 1. The number of aliphatic hydroxyl groups is 1. The van der Waals surface area contributed by atoms with E-state index in [0.29, 0.717) is 36.1 Å². The van der Waals surface area contributed by atoms with Gasteiger partial charge in [-0.05, 0) is 11.3 Å². The molecule has 2 heterocycles. The second kappa shape index (κ2) is 4.85. The van der Waals surface area contributed by atoms with E-state index in [0.717, 1.165) is 0 Å². The SMILES string of the molecule is Cn1nnc(CC(O)c2cccc3c2OCCO3)n1. The van der Waals surface area contributed by atoms with E-state index < -0.39 is 6.10 Å². The van der Waals surface area contributed by atoms with Crippen molar-refractivity contribution in [1.82, 2.24) is 20.2 Å². The molecule has 1 N–H and O–H groups in total. The number of hydrogen-bond donors (Lipinski definition) is 1. The molecule has 2 aromatic rings. The summed E-state index contributed by atoms with van der Waals surface area (Å²) in [6.07, 6.45) is -0.464. The van der Waals surface area contributed by atoms with Crippen molar-refractivity contribution in [2.24, 2.45) is 7.05 Å². The van der Waals surface area contributed by atoms with E-state index in [1.807, 2.05) is 18.2 Å². The van der Waals surface area contributed by atoms with Crippen molar-refractivity contribution >= 4 is 0 Å². The summed E-state index contributed by atoms with van der Waals surface area (Å²) in [5.41, 5.74) is 0.685. The van der Waals surface area contributed by atoms with E-state index in [2.05, 4.69) is 15.4 Å². The van der Waals surface area contributed by atoms with Gasteiger partial charge in [0.1, 0.15) is 13.2 Å². The third-order valence-electron chi connectivity index (χ3n) is 2.88. The van der Waals surface area contributed by atoms with Crippen molar-refractivity contribution in [3.8, 4) is 11.5 Å². The lowest BCUT2D eigenvalue weighted by molar-refractivity contribution is 0.145. The number of aromatic nitrogens is 4. The molecule has 0 saturated heterocycles. The Labute approximate surface area is 109 Å². The van der Waals surface area contributed by atoms with Crippen LogP contribution in [0, 0.1) is 0 Å². The largest absolute Gasteiger partial charge is 0.486 e. The highest BCUT2D eigenvalue weighted by atomic mass is 16.6. The first kappa shape index (κ1) is 11.9. The molecular formula is C12H14N4O3. The van der Waals surface area contributed by atoms with Gasteiger partial charge in [-0.25, -0.2) is 0 Å². The molecule has 0 aliphatic carbocycles. The van der Waals surface area contributed by atoms with Gasteiger partial charge in [-0.1, -0.05) is 12.1 Å². The van der Waals surface area contributed by atoms with Crippen molar-refractivity contribution in [1.29, 1.82) is 0 Å². The number of benzene rings is 1. The highest BCUT2D eigenvalue weighted by Gasteiger charge is 2.22. The molecule has 7 nitrogen and oxygen atoms in total. The lowest BCUT2D eigenvalue weighted by Crippen LogP contribution is -2.18. The second-order valence-corrected chi connectivity index (χ2v) is 4.29. The molecule has 7 heteroatoms. The van der Waals surface area contributed by atoms with Gasteiger partial charge in [0.05, 0.1) is 13.2 Å². The van der Waals surface area contributed by atoms with E-state index in [-0.39, 0.29) is 6.42 Å². The summed E-state index contributed by atoms with van der Waals surface area (Å²) in [5.74, 6) is 1.75. The highest BCUT2D eigenvalue weighted by Crippen LogP contribution is 2.37. The Morgan fingerprint density at radius 3 is 3.00 bits per heavy atom. The van der Waals surface area contributed by atoms with Crippen LogP contribution in [0.5, 0.6) is 11.5 Å². The molecular weight excluding hydrogens is 248 g/mol. The van der Waals surface area contributed by atoms with Gasteiger partial charge in [0.15, 0.2) is 17.3 Å². The Morgan fingerprint density at radius 2 is 2.21 bits per heavy atom. The first-order valence-electron chi connectivity index (χ1n) is 6.03. The standard InChI is InChI=1S/C12H14N4O3/c1-16-14-11(13-15-16)7-9(17)8-3-2-4-10-12(8)19-6-5-18-10/h2-4,9,17H,5-7H2,1H3. The fraction of sp³-hybridized carbons (Fsp3) is 0.417. The molecule has 19 heavy (non-hydrogen) atoms. The Hall–Kier alpha value is -2.15. The Kier molecular flexibility index (Phi) is 3.04. The monoisotopic (exact) mass is 262 g/mol. The van der Waals surface area contributed by atoms with Crippen LogP contribution in [0.3, 0.4) is 0 Å². The molecule has 1 aromatic heterocycles. The maximum absolute atomic E-state index is 10.3. The first-order valence-corrected chi connectivity index (χ1v) is 6.03. The van der Waals surface area contributed by atoms with Crippen molar-refractivity contribution in [3.63, 3.8) is 0 Å². The van der Waals surface area contributed by atoms with Crippen LogP contribution in [-0.2, 0) is 13.5 Å². The first-order chi connectivity index (χ1) is 9.24. The number of fused-ring (bicyclic) bond motifs is 1. The second-order valence-electron chi connectivity index (χ2n) is 4.29. The van der Waals surface area contributed by atoms with Gasteiger partial charge in [0, 0.05) is 12.0 Å². The zero-order chi connectivity index (χ0) is 13.2. The zero-order valence-electron chi connectivity index (χ0n) is 10.5.